The minimum Gasteiger partial charge on any atom is -0.324 e. The summed E-state index contributed by atoms with van der Waals surface area (Å²) < 4.78 is 0.765. The number of nitrogens with zero attached hydrogens (tertiary/aromatic N) is 2. The van der Waals surface area contributed by atoms with Gasteiger partial charge in [-0.05, 0) is 28.1 Å². The Balaban J connectivity index is 2.24. The quantitative estimate of drug-likeness (QED) is 0.885. The Morgan fingerprint density at radius 2 is 1.94 bits per heavy atom. The van der Waals surface area contributed by atoms with Crippen molar-refractivity contribution >= 4 is 27.7 Å². The third kappa shape index (κ3) is 3.04. The summed E-state index contributed by atoms with van der Waals surface area (Å²) in [5.74, 6) is 0.646. The van der Waals surface area contributed by atoms with Gasteiger partial charge >= 0.3 is 0 Å². The predicted molar refractivity (Wildman–Crippen MR) is 68.2 cm³/mol. The van der Waals surface area contributed by atoms with Crippen LogP contribution >= 0.6 is 27.7 Å². The largest absolute Gasteiger partial charge is 0.324 e. The van der Waals surface area contributed by atoms with E-state index in [9.17, 15) is 0 Å². The second-order valence-electron chi connectivity index (χ2n) is 3.06. The minimum absolute atomic E-state index is 0.349. The average molecular weight is 296 g/mol. The van der Waals surface area contributed by atoms with E-state index in [0.717, 1.165) is 14.5 Å². The summed E-state index contributed by atoms with van der Waals surface area (Å²) in [6.07, 6.45) is 0. The van der Waals surface area contributed by atoms with Gasteiger partial charge in [0.15, 0.2) is 0 Å². The SMILES string of the molecule is NCc1nc(Br)cc(Sc2ccccc2)n1. The van der Waals surface area contributed by atoms with Crippen LogP contribution in [0.2, 0.25) is 0 Å². The van der Waals surface area contributed by atoms with Crippen LogP contribution in [0.15, 0.2) is 50.9 Å². The van der Waals surface area contributed by atoms with Crippen molar-refractivity contribution in [1.29, 1.82) is 0 Å². The van der Waals surface area contributed by atoms with Crippen molar-refractivity contribution in [2.45, 2.75) is 16.5 Å². The molecule has 0 spiro atoms. The summed E-state index contributed by atoms with van der Waals surface area (Å²) in [7, 11) is 0. The number of halogens is 1. The molecular formula is C11H10BrN3S. The Morgan fingerprint density at radius 3 is 2.62 bits per heavy atom. The zero-order valence-electron chi connectivity index (χ0n) is 8.43. The molecule has 0 unspecified atom stereocenters. The van der Waals surface area contributed by atoms with Crippen molar-refractivity contribution in [1.82, 2.24) is 9.97 Å². The molecule has 1 aromatic heterocycles. The predicted octanol–water partition coefficient (Wildman–Crippen LogP) is 2.85. The summed E-state index contributed by atoms with van der Waals surface area (Å²) in [5.41, 5.74) is 5.53. The zero-order valence-corrected chi connectivity index (χ0v) is 10.8. The third-order valence-corrected chi connectivity index (χ3v) is 3.20. The summed E-state index contributed by atoms with van der Waals surface area (Å²) >= 11 is 4.94. The lowest BCUT2D eigenvalue weighted by Crippen LogP contribution is -2.03. The van der Waals surface area contributed by atoms with Gasteiger partial charge in [-0.15, -0.1) is 0 Å². The molecule has 0 amide bonds. The van der Waals surface area contributed by atoms with Crippen LogP contribution in [0.25, 0.3) is 0 Å². The first-order valence-electron chi connectivity index (χ1n) is 4.74. The van der Waals surface area contributed by atoms with E-state index in [1.54, 1.807) is 11.8 Å². The molecule has 2 N–H and O–H groups in total. The molecular weight excluding hydrogens is 286 g/mol. The van der Waals surface area contributed by atoms with Crippen molar-refractivity contribution < 1.29 is 0 Å². The Kier molecular flexibility index (Phi) is 3.93. The molecule has 0 aliphatic carbocycles. The number of rotatable bonds is 3. The molecule has 5 heteroatoms. The molecule has 0 radical (unpaired) electrons. The Morgan fingerprint density at radius 1 is 1.19 bits per heavy atom. The number of hydrogen-bond donors (Lipinski definition) is 1. The van der Waals surface area contributed by atoms with Crippen LogP contribution in [0, 0.1) is 0 Å². The molecule has 0 aliphatic heterocycles. The topological polar surface area (TPSA) is 51.8 Å². The molecule has 0 bridgehead atoms. The summed E-state index contributed by atoms with van der Waals surface area (Å²) in [4.78, 5) is 9.65. The van der Waals surface area contributed by atoms with E-state index >= 15 is 0 Å². The lowest BCUT2D eigenvalue weighted by Gasteiger charge is -2.03. The van der Waals surface area contributed by atoms with Crippen molar-refractivity contribution in [2.24, 2.45) is 5.73 Å². The maximum absolute atomic E-state index is 5.53. The van der Waals surface area contributed by atoms with Crippen molar-refractivity contribution in [3.05, 3.63) is 46.8 Å². The highest BCUT2D eigenvalue weighted by Crippen LogP contribution is 2.26. The highest BCUT2D eigenvalue weighted by atomic mass is 79.9. The highest BCUT2D eigenvalue weighted by molar-refractivity contribution is 9.10. The molecule has 16 heavy (non-hydrogen) atoms. The molecule has 0 aliphatic rings. The summed E-state index contributed by atoms with van der Waals surface area (Å²) in [5, 5.41) is 0.897. The molecule has 0 saturated carbocycles. The van der Waals surface area contributed by atoms with Gasteiger partial charge in [-0.25, -0.2) is 9.97 Å². The molecule has 1 aromatic carbocycles. The van der Waals surface area contributed by atoms with Crippen LogP contribution in [0.3, 0.4) is 0 Å². The van der Waals surface area contributed by atoms with Gasteiger partial charge in [0.2, 0.25) is 0 Å². The van der Waals surface area contributed by atoms with Gasteiger partial charge in [-0.1, -0.05) is 30.0 Å². The van der Waals surface area contributed by atoms with Crippen LogP contribution in [-0.2, 0) is 6.54 Å². The van der Waals surface area contributed by atoms with E-state index in [1.807, 2.05) is 36.4 Å². The zero-order chi connectivity index (χ0) is 11.4. The Hall–Kier alpha value is -0.910. The number of aromatic nitrogens is 2. The first-order valence-corrected chi connectivity index (χ1v) is 6.35. The van der Waals surface area contributed by atoms with Crippen molar-refractivity contribution in [2.75, 3.05) is 0 Å². The van der Waals surface area contributed by atoms with E-state index in [4.69, 9.17) is 5.73 Å². The van der Waals surface area contributed by atoms with Gasteiger partial charge < -0.3 is 5.73 Å². The molecule has 0 atom stereocenters. The van der Waals surface area contributed by atoms with E-state index in [0.29, 0.717) is 12.4 Å². The lowest BCUT2D eigenvalue weighted by molar-refractivity contribution is 0.856. The first-order chi connectivity index (χ1) is 7.78. The van der Waals surface area contributed by atoms with Crippen LogP contribution in [0.4, 0.5) is 0 Å². The van der Waals surface area contributed by atoms with Crippen LogP contribution < -0.4 is 5.73 Å². The molecule has 2 aromatic rings. The van der Waals surface area contributed by atoms with Crippen molar-refractivity contribution in [3.63, 3.8) is 0 Å². The number of benzene rings is 1. The maximum atomic E-state index is 5.53. The normalized spacial score (nSPS) is 10.4. The Labute approximate surface area is 107 Å². The molecule has 82 valence electrons. The van der Waals surface area contributed by atoms with E-state index in [-0.39, 0.29) is 0 Å². The molecule has 3 nitrogen and oxygen atoms in total. The second kappa shape index (κ2) is 5.43. The molecule has 1 heterocycles. The first kappa shape index (κ1) is 11.6. The van der Waals surface area contributed by atoms with Gasteiger partial charge in [0.1, 0.15) is 15.5 Å². The highest BCUT2D eigenvalue weighted by Gasteiger charge is 2.03. The van der Waals surface area contributed by atoms with Crippen molar-refractivity contribution in [3.8, 4) is 0 Å². The maximum Gasteiger partial charge on any atom is 0.144 e. The third-order valence-electron chi connectivity index (χ3n) is 1.87. The van der Waals surface area contributed by atoms with E-state index in [2.05, 4.69) is 25.9 Å². The molecule has 0 saturated heterocycles. The van der Waals surface area contributed by atoms with Gasteiger partial charge in [-0.3, -0.25) is 0 Å². The van der Waals surface area contributed by atoms with Crippen LogP contribution in [0.5, 0.6) is 0 Å². The van der Waals surface area contributed by atoms with E-state index < -0.39 is 0 Å². The number of nitrogens with two attached hydrogens (primary N) is 1. The van der Waals surface area contributed by atoms with Crippen LogP contribution in [-0.4, -0.2) is 9.97 Å². The Bertz CT molecular complexity index is 476. The lowest BCUT2D eigenvalue weighted by atomic mass is 10.4. The fourth-order valence-corrected chi connectivity index (χ4v) is 2.62. The van der Waals surface area contributed by atoms with Gasteiger partial charge in [-0.2, -0.15) is 0 Å². The van der Waals surface area contributed by atoms with Gasteiger partial charge in [0.25, 0.3) is 0 Å². The molecule has 0 fully saturated rings. The van der Waals surface area contributed by atoms with Gasteiger partial charge in [0.05, 0.1) is 6.54 Å². The summed E-state index contributed by atoms with van der Waals surface area (Å²) in [6, 6.07) is 12.0. The van der Waals surface area contributed by atoms with E-state index in [1.165, 1.54) is 0 Å². The fraction of sp³-hybridized carbons (Fsp3) is 0.0909. The monoisotopic (exact) mass is 295 g/mol. The molecule has 2 rings (SSSR count). The minimum atomic E-state index is 0.349. The summed E-state index contributed by atoms with van der Waals surface area (Å²) in [6.45, 7) is 0.349. The van der Waals surface area contributed by atoms with Gasteiger partial charge in [0, 0.05) is 11.0 Å². The average Bonchev–Trinajstić information content (AvgIpc) is 2.29. The number of hydrogen-bond acceptors (Lipinski definition) is 4. The standard InChI is InChI=1S/C11H10BrN3S/c12-9-6-11(15-10(7-13)14-9)16-8-4-2-1-3-5-8/h1-6H,7,13H2. The van der Waals surface area contributed by atoms with Crippen LogP contribution in [0.1, 0.15) is 5.82 Å². The smallest absolute Gasteiger partial charge is 0.144 e. The fourth-order valence-electron chi connectivity index (χ4n) is 1.19. The second-order valence-corrected chi connectivity index (χ2v) is 4.97.